The van der Waals surface area contributed by atoms with Crippen LogP contribution in [0.3, 0.4) is 0 Å². The van der Waals surface area contributed by atoms with Crippen LogP contribution in [0.2, 0.25) is 0 Å². The number of carbonyl (C=O) groups is 2. The molecule has 0 bridgehead atoms. The van der Waals surface area contributed by atoms with Crippen molar-refractivity contribution in [3.05, 3.63) is 106 Å². The quantitative estimate of drug-likeness (QED) is 0.189. The average Bonchev–Trinajstić information content (AvgIpc) is 2.89. The van der Waals surface area contributed by atoms with Crippen molar-refractivity contribution in [3.63, 3.8) is 0 Å². The Labute approximate surface area is 235 Å². The van der Waals surface area contributed by atoms with Gasteiger partial charge in [-0.25, -0.2) is 0 Å². The van der Waals surface area contributed by atoms with Crippen molar-refractivity contribution in [2.24, 2.45) is 11.3 Å². The number of carbonyl (C=O) groups excluding carboxylic acids is 2. The molecule has 0 radical (unpaired) electrons. The van der Waals surface area contributed by atoms with Gasteiger partial charge in [-0.15, -0.1) is 0 Å². The third-order valence-corrected chi connectivity index (χ3v) is 7.22. The van der Waals surface area contributed by atoms with Crippen LogP contribution in [0.5, 0.6) is 0 Å². The Morgan fingerprint density at radius 1 is 0.897 bits per heavy atom. The van der Waals surface area contributed by atoms with Crippen LogP contribution in [0.1, 0.15) is 84.5 Å². The van der Waals surface area contributed by atoms with Gasteiger partial charge < -0.3 is 9.47 Å². The van der Waals surface area contributed by atoms with E-state index in [-0.39, 0.29) is 17.5 Å². The van der Waals surface area contributed by atoms with Gasteiger partial charge in [0.05, 0.1) is 19.6 Å². The van der Waals surface area contributed by atoms with Crippen LogP contribution in [-0.2, 0) is 14.3 Å². The predicted molar refractivity (Wildman–Crippen MR) is 161 cm³/mol. The van der Waals surface area contributed by atoms with Crippen LogP contribution in [0.25, 0.3) is 0 Å². The number of ether oxygens (including phenoxy) is 2. The summed E-state index contributed by atoms with van der Waals surface area (Å²) in [5.74, 6) is 0.414. The molecule has 0 spiro atoms. The van der Waals surface area contributed by atoms with Gasteiger partial charge in [0.1, 0.15) is 17.1 Å². The number of hydrogen-bond donors (Lipinski definition) is 0. The molecule has 4 heteroatoms. The van der Waals surface area contributed by atoms with Gasteiger partial charge >= 0.3 is 0 Å². The second-order valence-electron chi connectivity index (χ2n) is 11.3. The molecule has 1 aliphatic rings. The minimum atomic E-state index is -1.09. The molecule has 1 aliphatic carbocycles. The van der Waals surface area contributed by atoms with E-state index in [4.69, 9.17) is 9.47 Å². The zero-order chi connectivity index (χ0) is 29.3. The van der Waals surface area contributed by atoms with Gasteiger partial charge in [-0.05, 0) is 80.1 Å². The summed E-state index contributed by atoms with van der Waals surface area (Å²) < 4.78 is 12.0. The molecule has 0 heterocycles. The first-order valence-corrected chi connectivity index (χ1v) is 13.7. The lowest BCUT2D eigenvalue weighted by Crippen LogP contribution is -2.42. The lowest BCUT2D eigenvalue weighted by molar-refractivity contribution is -0.126. The van der Waals surface area contributed by atoms with Crippen molar-refractivity contribution >= 4 is 11.6 Å². The number of benzene rings is 1. The number of rotatable bonds is 13. The molecule has 0 N–H and O–H groups in total. The van der Waals surface area contributed by atoms with E-state index in [0.717, 1.165) is 23.1 Å². The molecule has 0 aromatic heterocycles. The van der Waals surface area contributed by atoms with Crippen LogP contribution >= 0.6 is 0 Å². The maximum Gasteiger partial charge on any atom is 0.200 e. The maximum atomic E-state index is 14.7. The first kappa shape index (κ1) is 31.8. The zero-order valence-corrected chi connectivity index (χ0v) is 25.4. The van der Waals surface area contributed by atoms with Crippen molar-refractivity contribution in [1.29, 1.82) is 0 Å². The molecule has 210 valence electrons. The topological polar surface area (TPSA) is 52.6 Å². The third-order valence-electron chi connectivity index (χ3n) is 7.22. The molecule has 1 aromatic carbocycles. The largest absolute Gasteiger partial charge is 0.499 e. The molecule has 39 heavy (non-hydrogen) atoms. The minimum absolute atomic E-state index is 0.0152. The molecular formula is C35H46O4. The number of methoxy groups -OCH3 is 2. The summed E-state index contributed by atoms with van der Waals surface area (Å²) in [5, 5.41) is 0. The second kappa shape index (κ2) is 14.1. The van der Waals surface area contributed by atoms with Crippen molar-refractivity contribution in [2.75, 3.05) is 14.2 Å². The van der Waals surface area contributed by atoms with E-state index >= 15 is 0 Å². The van der Waals surface area contributed by atoms with Crippen LogP contribution in [0.15, 0.2) is 100 Å². The summed E-state index contributed by atoms with van der Waals surface area (Å²) in [6.07, 6.45) is 8.29. The molecule has 0 amide bonds. The summed E-state index contributed by atoms with van der Waals surface area (Å²) in [6.45, 7) is 18.5. The van der Waals surface area contributed by atoms with Crippen LogP contribution in [0.4, 0.5) is 0 Å². The molecule has 1 aromatic rings. The highest BCUT2D eigenvalue weighted by atomic mass is 16.5. The molecule has 0 saturated heterocycles. The van der Waals surface area contributed by atoms with Gasteiger partial charge in [0, 0.05) is 11.1 Å². The number of hydrogen-bond acceptors (Lipinski definition) is 4. The van der Waals surface area contributed by atoms with E-state index in [1.165, 1.54) is 12.7 Å². The summed E-state index contributed by atoms with van der Waals surface area (Å²) >= 11 is 0. The molecular weight excluding hydrogens is 484 g/mol. The first-order valence-electron chi connectivity index (χ1n) is 13.7. The molecule has 0 fully saturated rings. The Balaban J connectivity index is 3.00. The van der Waals surface area contributed by atoms with Crippen LogP contribution < -0.4 is 0 Å². The average molecular weight is 531 g/mol. The Bertz CT molecular complexity index is 1220. The fourth-order valence-corrected chi connectivity index (χ4v) is 5.03. The molecule has 2 rings (SSSR count). The normalized spacial score (nSPS) is 17.8. The standard InChI is InChI=1S/C35H46O4/c1-23(2)16-18-28(26(7)8)22-35(21-20-25(5)6)33(37)29(19-17-24(3)4)32(38-9)30(34(35)39-10)31(36)27-14-12-11-13-15-27/h11-17,20,28H,7,18-19,21-22H2,1-6,8-10H3/t28-,35+/m1/s1. The third kappa shape index (κ3) is 7.59. The van der Waals surface area contributed by atoms with Crippen molar-refractivity contribution in [3.8, 4) is 0 Å². The smallest absolute Gasteiger partial charge is 0.200 e. The molecule has 0 saturated carbocycles. The highest BCUT2D eigenvalue weighted by molar-refractivity contribution is 6.16. The first-order chi connectivity index (χ1) is 18.4. The van der Waals surface area contributed by atoms with Gasteiger partial charge in [-0.1, -0.05) is 77.4 Å². The number of Topliss-reactive ketones (excluding diaryl/α,β-unsaturated/α-hetero) is 2. The predicted octanol–water partition coefficient (Wildman–Crippen LogP) is 8.89. The van der Waals surface area contributed by atoms with E-state index < -0.39 is 5.41 Å². The fourth-order valence-electron chi connectivity index (χ4n) is 5.03. The SMILES string of the molecule is C=C(C)[C@H](CC=C(C)C)C[C@@]1(CC=C(C)C)C(=O)C(CC=C(C)C)=C(OC)C(C(=O)c2ccccc2)=C1OC. The van der Waals surface area contributed by atoms with Gasteiger partial charge in [-0.2, -0.15) is 0 Å². The highest BCUT2D eigenvalue weighted by Crippen LogP contribution is 2.51. The molecule has 0 aliphatic heterocycles. The van der Waals surface area contributed by atoms with E-state index in [9.17, 15) is 9.59 Å². The second-order valence-corrected chi connectivity index (χ2v) is 11.3. The van der Waals surface area contributed by atoms with Crippen molar-refractivity contribution in [2.45, 2.75) is 74.1 Å². The van der Waals surface area contributed by atoms with Crippen LogP contribution in [-0.4, -0.2) is 25.8 Å². The van der Waals surface area contributed by atoms with Gasteiger partial charge in [0.15, 0.2) is 11.6 Å². The van der Waals surface area contributed by atoms with E-state index in [2.05, 4.69) is 32.6 Å². The monoisotopic (exact) mass is 530 g/mol. The fraction of sp³-hybridized carbons (Fsp3) is 0.429. The number of ketones is 2. The van der Waals surface area contributed by atoms with E-state index in [0.29, 0.717) is 47.5 Å². The maximum absolute atomic E-state index is 14.7. The van der Waals surface area contributed by atoms with E-state index in [1.807, 2.05) is 58.9 Å². The van der Waals surface area contributed by atoms with Gasteiger partial charge in [0.2, 0.25) is 0 Å². The van der Waals surface area contributed by atoms with Gasteiger partial charge in [-0.3, -0.25) is 9.59 Å². The minimum Gasteiger partial charge on any atom is -0.499 e. The lowest BCUT2D eigenvalue weighted by atomic mass is 9.63. The van der Waals surface area contributed by atoms with Crippen LogP contribution in [0, 0.1) is 11.3 Å². The summed E-state index contributed by atoms with van der Waals surface area (Å²) in [6, 6.07) is 9.11. The highest BCUT2D eigenvalue weighted by Gasteiger charge is 2.52. The van der Waals surface area contributed by atoms with Gasteiger partial charge in [0.25, 0.3) is 0 Å². The zero-order valence-electron chi connectivity index (χ0n) is 25.4. The molecule has 4 nitrogen and oxygen atoms in total. The Kier molecular flexibility index (Phi) is 11.5. The Morgan fingerprint density at radius 2 is 1.49 bits per heavy atom. The lowest BCUT2D eigenvalue weighted by Gasteiger charge is -2.41. The summed E-state index contributed by atoms with van der Waals surface area (Å²) in [4.78, 5) is 28.9. The Hall–Kier alpha value is -3.40. The summed E-state index contributed by atoms with van der Waals surface area (Å²) in [7, 11) is 3.07. The molecule has 0 unspecified atom stereocenters. The number of allylic oxidation sites excluding steroid dienone is 10. The van der Waals surface area contributed by atoms with Crippen molar-refractivity contribution < 1.29 is 19.1 Å². The van der Waals surface area contributed by atoms with E-state index in [1.54, 1.807) is 19.2 Å². The van der Waals surface area contributed by atoms with Crippen molar-refractivity contribution in [1.82, 2.24) is 0 Å². The Morgan fingerprint density at radius 3 is 1.97 bits per heavy atom. The molecule has 2 atom stereocenters. The summed E-state index contributed by atoms with van der Waals surface area (Å²) in [5.41, 5.74) is 4.65.